The van der Waals surface area contributed by atoms with Crippen molar-refractivity contribution in [3.63, 3.8) is 0 Å². The average molecular weight is 390 g/mol. The quantitative estimate of drug-likeness (QED) is 0.513. The maximum absolute atomic E-state index is 12.8. The van der Waals surface area contributed by atoms with Gasteiger partial charge in [-0.2, -0.15) is 0 Å². The molecule has 5 nitrogen and oxygen atoms in total. The van der Waals surface area contributed by atoms with E-state index in [1.807, 2.05) is 48.5 Å². The molecule has 3 aromatic carbocycles. The van der Waals surface area contributed by atoms with Gasteiger partial charge in [0.25, 0.3) is 0 Å². The zero-order valence-corrected chi connectivity index (χ0v) is 15.8. The second kappa shape index (κ2) is 7.78. The number of carbonyl (C=O) groups excluding carboxylic acids is 2. The van der Waals surface area contributed by atoms with Crippen molar-refractivity contribution in [3.8, 4) is 11.5 Å². The Balaban J connectivity index is 1.49. The lowest BCUT2D eigenvalue weighted by molar-refractivity contribution is -0.121. The predicted octanol–water partition coefficient (Wildman–Crippen LogP) is 4.49. The summed E-state index contributed by atoms with van der Waals surface area (Å²) in [5.74, 6) is 0.918. The number of hydrogen-bond acceptors (Lipinski definition) is 5. The van der Waals surface area contributed by atoms with E-state index < -0.39 is 5.25 Å². The molecule has 1 aliphatic heterocycles. The molecule has 0 saturated carbocycles. The number of carbonyl (C=O) groups is 2. The molecule has 0 unspecified atom stereocenters. The molecule has 1 atom stereocenters. The van der Waals surface area contributed by atoms with Gasteiger partial charge in [0.15, 0.2) is 0 Å². The molecule has 1 fully saturated rings. The second-order valence-electron chi connectivity index (χ2n) is 6.32. The van der Waals surface area contributed by atoms with Crippen LogP contribution in [0.15, 0.2) is 83.8 Å². The number of hydrogen-bond donors (Lipinski definition) is 1. The lowest BCUT2D eigenvalue weighted by atomic mass is 10.2. The van der Waals surface area contributed by atoms with Crippen LogP contribution in [0, 0.1) is 0 Å². The molecule has 0 bridgehead atoms. The molecule has 28 heavy (non-hydrogen) atoms. The minimum Gasteiger partial charge on any atom is -0.457 e. The summed E-state index contributed by atoms with van der Waals surface area (Å²) in [6, 6.07) is 23.7. The third-order valence-electron chi connectivity index (χ3n) is 4.37. The standard InChI is InChI=1S/C22H18N2O3S/c23-18-8-4-5-9-19(18)28-20-14-21(25)24(22(20)26)15-10-12-17(13-11-15)27-16-6-2-1-3-7-16/h1-13,20H,14,23H2/t20-/m0/s1. The monoisotopic (exact) mass is 390 g/mol. The first-order chi connectivity index (χ1) is 13.6. The van der Waals surface area contributed by atoms with E-state index in [-0.39, 0.29) is 18.2 Å². The van der Waals surface area contributed by atoms with E-state index in [1.54, 1.807) is 30.3 Å². The Bertz CT molecular complexity index is 1010. The Morgan fingerprint density at radius 1 is 0.857 bits per heavy atom. The van der Waals surface area contributed by atoms with Crippen LogP contribution in [0.5, 0.6) is 11.5 Å². The van der Waals surface area contributed by atoms with Crippen molar-refractivity contribution < 1.29 is 14.3 Å². The van der Waals surface area contributed by atoms with Gasteiger partial charge in [-0.3, -0.25) is 9.59 Å². The molecule has 4 rings (SSSR count). The SMILES string of the molecule is Nc1ccccc1S[C@H]1CC(=O)N(c2ccc(Oc3ccccc3)cc2)C1=O. The zero-order chi connectivity index (χ0) is 19.5. The van der Waals surface area contributed by atoms with Crippen LogP contribution in [0.3, 0.4) is 0 Å². The highest BCUT2D eigenvalue weighted by Gasteiger charge is 2.40. The van der Waals surface area contributed by atoms with Gasteiger partial charge in [0.1, 0.15) is 11.5 Å². The van der Waals surface area contributed by atoms with Gasteiger partial charge in [-0.25, -0.2) is 4.90 Å². The number of para-hydroxylation sites is 2. The number of nitrogen functional groups attached to an aromatic ring is 1. The summed E-state index contributed by atoms with van der Waals surface area (Å²) in [6.45, 7) is 0. The molecule has 140 valence electrons. The number of anilines is 2. The summed E-state index contributed by atoms with van der Waals surface area (Å²) >= 11 is 1.33. The fraction of sp³-hybridized carbons (Fsp3) is 0.0909. The topological polar surface area (TPSA) is 72.6 Å². The van der Waals surface area contributed by atoms with Gasteiger partial charge in [-0.05, 0) is 48.5 Å². The zero-order valence-electron chi connectivity index (χ0n) is 14.9. The minimum absolute atomic E-state index is 0.153. The molecule has 3 aromatic rings. The van der Waals surface area contributed by atoms with E-state index in [2.05, 4.69) is 0 Å². The fourth-order valence-corrected chi connectivity index (χ4v) is 4.10. The van der Waals surface area contributed by atoms with Gasteiger partial charge >= 0.3 is 0 Å². The van der Waals surface area contributed by atoms with Crippen LogP contribution < -0.4 is 15.4 Å². The first kappa shape index (κ1) is 18.1. The van der Waals surface area contributed by atoms with Crippen molar-refractivity contribution in [3.05, 3.63) is 78.9 Å². The highest BCUT2D eigenvalue weighted by atomic mass is 32.2. The van der Waals surface area contributed by atoms with E-state index in [4.69, 9.17) is 10.5 Å². The van der Waals surface area contributed by atoms with Crippen LogP contribution in [0.2, 0.25) is 0 Å². The van der Waals surface area contributed by atoms with Crippen molar-refractivity contribution in [2.45, 2.75) is 16.6 Å². The van der Waals surface area contributed by atoms with Crippen molar-refractivity contribution in [1.82, 2.24) is 0 Å². The molecule has 2 N–H and O–H groups in total. The van der Waals surface area contributed by atoms with Crippen molar-refractivity contribution >= 4 is 35.0 Å². The highest BCUT2D eigenvalue weighted by Crippen LogP contribution is 2.36. The van der Waals surface area contributed by atoms with Crippen LogP contribution in [0.1, 0.15) is 6.42 Å². The average Bonchev–Trinajstić information content (AvgIpc) is 2.98. The number of nitrogens with two attached hydrogens (primary N) is 1. The number of thioether (sulfide) groups is 1. The van der Waals surface area contributed by atoms with Crippen LogP contribution in [-0.2, 0) is 9.59 Å². The van der Waals surface area contributed by atoms with E-state index in [0.29, 0.717) is 17.1 Å². The highest BCUT2D eigenvalue weighted by molar-refractivity contribution is 8.00. The molecule has 0 radical (unpaired) electrons. The summed E-state index contributed by atoms with van der Waals surface area (Å²) in [4.78, 5) is 27.3. The molecular weight excluding hydrogens is 372 g/mol. The van der Waals surface area contributed by atoms with Crippen molar-refractivity contribution in [2.75, 3.05) is 10.6 Å². The molecule has 0 aliphatic carbocycles. The largest absolute Gasteiger partial charge is 0.457 e. The Hall–Kier alpha value is -3.25. The number of rotatable bonds is 5. The molecule has 1 aliphatic rings. The lowest BCUT2D eigenvalue weighted by Crippen LogP contribution is -2.31. The molecule has 1 heterocycles. The molecule has 2 amide bonds. The van der Waals surface area contributed by atoms with Gasteiger partial charge in [0.05, 0.1) is 10.9 Å². The van der Waals surface area contributed by atoms with Crippen LogP contribution in [0.4, 0.5) is 11.4 Å². The normalized spacial score (nSPS) is 16.4. The van der Waals surface area contributed by atoms with Crippen LogP contribution in [0.25, 0.3) is 0 Å². The summed E-state index contributed by atoms with van der Waals surface area (Å²) in [7, 11) is 0. The summed E-state index contributed by atoms with van der Waals surface area (Å²) in [5.41, 5.74) is 7.11. The molecular formula is C22H18N2O3S. The van der Waals surface area contributed by atoms with Gasteiger partial charge in [0, 0.05) is 17.0 Å². The third kappa shape index (κ3) is 3.73. The van der Waals surface area contributed by atoms with E-state index in [9.17, 15) is 9.59 Å². The van der Waals surface area contributed by atoms with E-state index in [0.717, 1.165) is 10.6 Å². The van der Waals surface area contributed by atoms with Gasteiger partial charge in [-0.15, -0.1) is 11.8 Å². The molecule has 6 heteroatoms. The number of ether oxygens (including phenoxy) is 1. The molecule has 0 spiro atoms. The van der Waals surface area contributed by atoms with E-state index in [1.165, 1.54) is 16.7 Å². The Kier molecular flexibility index (Phi) is 5.04. The Labute approximate surface area is 167 Å². The van der Waals surface area contributed by atoms with Crippen LogP contribution in [-0.4, -0.2) is 17.1 Å². The molecule has 0 aromatic heterocycles. The third-order valence-corrected chi connectivity index (χ3v) is 5.65. The first-order valence-corrected chi connectivity index (χ1v) is 9.71. The predicted molar refractivity (Wildman–Crippen MR) is 111 cm³/mol. The Morgan fingerprint density at radius 2 is 1.50 bits per heavy atom. The number of amides is 2. The fourth-order valence-electron chi connectivity index (χ4n) is 3.00. The smallest absolute Gasteiger partial charge is 0.247 e. The lowest BCUT2D eigenvalue weighted by Gasteiger charge is -2.16. The second-order valence-corrected chi connectivity index (χ2v) is 7.57. The maximum atomic E-state index is 12.8. The minimum atomic E-state index is -0.475. The summed E-state index contributed by atoms with van der Waals surface area (Å²) in [6.07, 6.45) is 0.153. The Morgan fingerprint density at radius 3 is 2.21 bits per heavy atom. The van der Waals surface area contributed by atoms with Gasteiger partial charge < -0.3 is 10.5 Å². The van der Waals surface area contributed by atoms with Gasteiger partial charge in [0.2, 0.25) is 11.8 Å². The van der Waals surface area contributed by atoms with E-state index >= 15 is 0 Å². The van der Waals surface area contributed by atoms with Crippen molar-refractivity contribution in [1.29, 1.82) is 0 Å². The summed E-state index contributed by atoms with van der Waals surface area (Å²) < 4.78 is 5.76. The summed E-state index contributed by atoms with van der Waals surface area (Å²) in [5, 5.41) is -0.475. The number of nitrogens with zero attached hydrogens (tertiary/aromatic N) is 1. The van der Waals surface area contributed by atoms with Crippen LogP contribution >= 0.6 is 11.8 Å². The maximum Gasteiger partial charge on any atom is 0.247 e. The van der Waals surface area contributed by atoms with Gasteiger partial charge in [-0.1, -0.05) is 30.3 Å². The first-order valence-electron chi connectivity index (χ1n) is 8.83. The number of benzene rings is 3. The molecule has 1 saturated heterocycles. The van der Waals surface area contributed by atoms with Crippen molar-refractivity contribution in [2.24, 2.45) is 0 Å². The number of imide groups is 1.